The predicted octanol–water partition coefficient (Wildman–Crippen LogP) is 2.42. The highest BCUT2D eigenvalue weighted by Gasteiger charge is 2.16. The Morgan fingerprint density at radius 3 is 2.48 bits per heavy atom. The van der Waals surface area contributed by atoms with Crippen LogP contribution in [0.2, 0.25) is 0 Å². The topological polar surface area (TPSA) is 106 Å². The molecule has 0 fully saturated rings. The Kier molecular flexibility index (Phi) is 7.86. The van der Waals surface area contributed by atoms with E-state index in [1.165, 1.54) is 4.68 Å². The number of nitrogens with one attached hydrogen (secondary N) is 2. The molecule has 0 aliphatic carbocycles. The Hall–Kier alpha value is -3.55. The number of aromatic nitrogens is 3. The summed E-state index contributed by atoms with van der Waals surface area (Å²) in [5.74, 6) is -0.568. The van der Waals surface area contributed by atoms with Gasteiger partial charge in [-0.25, -0.2) is 4.68 Å². The second-order valence-corrected chi connectivity index (χ2v) is 7.27. The second kappa shape index (κ2) is 11.0. The summed E-state index contributed by atoms with van der Waals surface area (Å²) < 4.78 is 1.37. The molecule has 3 rings (SSSR count). The van der Waals surface area contributed by atoms with Gasteiger partial charge in [-0.1, -0.05) is 38.0 Å². The SMILES string of the molecule is CCCCCn1nc(C(=O)NCCC(=O)NCc2ccncc2)c2ccccc2c1=O. The molecule has 0 saturated carbocycles. The lowest BCUT2D eigenvalue weighted by Gasteiger charge is -2.11. The largest absolute Gasteiger partial charge is 0.352 e. The minimum atomic E-state index is -0.401. The molecule has 0 radical (unpaired) electrons. The normalized spacial score (nSPS) is 10.7. The Bertz CT molecular complexity index is 1100. The van der Waals surface area contributed by atoms with Gasteiger partial charge in [0.15, 0.2) is 5.69 Å². The molecule has 8 heteroatoms. The summed E-state index contributed by atoms with van der Waals surface area (Å²) in [5.41, 5.74) is 0.955. The van der Waals surface area contributed by atoms with E-state index in [9.17, 15) is 14.4 Å². The van der Waals surface area contributed by atoms with Crippen molar-refractivity contribution in [2.45, 2.75) is 45.7 Å². The quantitative estimate of drug-likeness (QED) is 0.489. The summed E-state index contributed by atoms with van der Waals surface area (Å²) in [6.07, 6.45) is 6.31. The first-order valence-corrected chi connectivity index (χ1v) is 10.5. The Morgan fingerprint density at radius 1 is 1.00 bits per heavy atom. The molecular formula is C23H27N5O3. The van der Waals surface area contributed by atoms with Crippen molar-refractivity contribution in [2.75, 3.05) is 6.54 Å². The van der Waals surface area contributed by atoms with Crippen LogP contribution in [0.1, 0.15) is 48.7 Å². The average Bonchev–Trinajstić information content (AvgIpc) is 2.80. The number of benzene rings is 1. The number of aryl methyl sites for hydroxylation is 1. The summed E-state index contributed by atoms with van der Waals surface area (Å²) in [4.78, 5) is 41.5. The summed E-state index contributed by atoms with van der Waals surface area (Å²) in [6, 6.07) is 10.6. The fraction of sp³-hybridized carbons (Fsp3) is 0.348. The van der Waals surface area contributed by atoms with Crippen LogP contribution in [0.5, 0.6) is 0 Å². The first-order valence-electron chi connectivity index (χ1n) is 10.5. The maximum absolute atomic E-state index is 12.8. The summed E-state index contributed by atoms with van der Waals surface area (Å²) >= 11 is 0. The lowest BCUT2D eigenvalue weighted by atomic mass is 10.1. The molecule has 0 saturated heterocycles. The van der Waals surface area contributed by atoms with Crippen molar-refractivity contribution in [1.82, 2.24) is 25.4 Å². The van der Waals surface area contributed by atoms with Gasteiger partial charge in [-0.2, -0.15) is 5.10 Å². The standard InChI is InChI=1S/C23H27N5O3/c1-2-3-6-15-28-23(31)19-8-5-4-7-18(19)21(27-28)22(30)25-14-11-20(29)26-16-17-9-12-24-13-10-17/h4-5,7-10,12-13H,2-3,6,11,14-16H2,1H3,(H,25,30)(H,26,29). The number of fused-ring (bicyclic) bond motifs is 1. The second-order valence-electron chi connectivity index (χ2n) is 7.27. The molecule has 0 bridgehead atoms. The van der Waals surface area contributed by atoms with Gasteiger partial charge in [0.1, 0.15) is 0 Å². The van der Waals surface area contributed by atoms with E-state index in [0.29, 0.717) is 23.9 Å². The number of amides is 2. The van der Waals surface area contributed by atoms with Crippen LogP contribution in [0, 0.1) is 0 Å². The summed E-state index contributed by atoms with van der Waals surface area (Å²) in [5, 5.41) is 10.9. The molecule has 162 valence electrons. The van der Waals surface area contributed by atoms with E-state index in [0.717, 1.165) is 24.8 Å². The number of rotatable bonds is 10. The number of unbranched alkanes of at least 4 members (excludes halogenated alkanes) is 2. The zero-order valence-corrected chi connectivity index (χ0v) is 17.6. The molecule has 31 heavy (non-hydrogen) atoms. The lowest BCUT2D eigenvalue weighted by molar-refractivity contribution is -0.121. The molecule has 1 aromatic carbocycles. The summed E-state index contributed by atoms with van der Waals surface area (Å²) in [6.45, 7) is 3.13. The van der Waals surface area contributed by atoms with Gasteiger partial charge in [0.2, 0.25) is 5.91 Å². The number of hydrogen-bond donors (Lipinski definition) is 2. The zero-order chi connectivity index (χ0) is 22.1. The van der Waals surface area contributed by atoms with Crippen LogP contribution in [0.25, 0.3) is 10.8 Å². The molecule has 0 aliphatic heterocycles. The highest BCUT2D eigenvalue weighted by Crippen LogP contribution is 2.13. The maximum atomic E-state index is 12.8. The van der Waals surface area contributed by atoms with E-state index < -0.39 is 5.91 Å². The van der Waals surface area contributed by atoms with Gasteiger partial charge in [0, 0.05) is 43.8 Å². The van der Waals surface area contributed by atoms with Crippen molar-refractivity contribution in [1.29, 1.82) is 0 Å². The molecule has 8 nitrogen and oxygen atoms in total. The molecule has 2 heterocycles. The van der Waals surface area contributed by atoms with Gasteiger partial charge in [-0.15, -0.1) is 0 Å². The number of pyridine rings is 1. The van der Waals surface area contributed by atoms with Crippen LogP contribution in [-0.2, 0) is 17.9 Å². The van der Waals surface area contributed by atoms with Crippen molar-refractivity contribution in [3.63, 3.8) is 0 Å². The van der Waals surface area contributed by atoms with Crippen molar-refractivity contribution in [2.24, 2.45) is 0 Å². The molecule has 2 N–H and O–H groups in total. The van der Waals surface area contributed by atoms with Gasteiger partial charge in [0.25, 0.3) is 11.5 Å². The van der Waals surface area contributed by atoms with E-state index in [1.54, 1.807) is 36.7 Å². The van der Waals surface area contributed by atoms with Crippen molar-refractivity contribution in [3.05, 3.63) is 70.4 Å². The molecule has 0 aliphatic rings. The van der Waals surface area contributed by atoms with Gasteiger partial charge < -0.3 is 10.6 Å². The molecule has 0 unspecified atom stereocenters. The minimum absolute atomic E-state index is 0.144. The number of carbonyl (C=O) groups excluding carboxylic acids is 2. The van der Waals surface area contributed by atoms with Crippen LogP contribution in [0.3, 0.4) is 0 Å². The van der Waals surface area contributed by atoms with E-state index in [2.05, 4.69) is 27.6 Å². The fourth-order valence-corrected chi connectivity index (χ4v) is 3.23. The molecule has 0 spiro atoms. The van der Waals surface area contributed by atoms with Crippen LogP contribution < -0.4 is 16.2 Å². The molecular weight excluding hydrogens is 394 g/mol. The van der Waals surface area contributed by atoms with Crippen LogP contribution in [-0.4, -0.2) is 33.1 Å². The van der Waals surface area contributed by atoms with Crippen LogP contribution in [0.15, 0.2) is 53.6 Å². The predicted molar refractivity (Wildman–Crippen MR) is 119 cm³/mol. The molecule has 2 aromatic heterocycles. The monoisotopic (exact) mass is 421 g/mol. The van der Waals surface area contributed by atoms with E-state index in [-0.39, 0.29) is 30.1 Å². The molecule has 3 aromatic rings. The maximum Gasteiger partial charge on any atom is 0.274 e. The third-order valence-corrected chi connectivity index (χ3v) is 4.93. The number of nitrogens with zero attached hydrogens (tertiary/aromatic N) is 3. The van der Waals surface area contributed by atoms with Gasteiger partial charge in [0.05, 0.1) is 5.39 Å². The number of carbonyl (C=O) groups is 2. The highest BCUT2D eigenvalue weighted by atomic mass is 16.2. The van der Waals surface area contributed by atoms with Crippen molar-refractivity contribution < 1.29 is 9.59 Å². The zero-order valence-electron chi connectivity index (χ0n) is 17.6. The van der Waals surface area contributed by atoms with Crippen molar-refractivity contribution in [3.8, 4) is 0 Å². The third kappa shape index (κ3) is 5.97. The van der Waals surface area contributed by atoms with Crippen LogP contribution in [0.4, 0.5) is 0 Å². The van der Waals surface area contributed by atoms with Crippen molar-refractivity contribution >= 4 is 22.6 Å². The van der Waals surface area contributed by atoms with E-state index in [1.807, 2.05) is 12.1 Å². The molecule has 0 atom stereocenters. The smallest absolute Gasteiger partial charge is 0.274 e. The van der Waals surface area contributed by atoms with E-state index >= 15 is 0 Å². The highest BCUT2D eigenvalue weighted by molar-refractivity contribution is 6.04. The average molecular weight is 422 g/mol. The van der Waals surface area contributed by atoms with Gasteiger partial charge >= 0.3 is 0 Å². The fourth-order valence-electron chi connectivity index (χ4n) is 3.23. The third-order valence-electron chi connectivity index (χ3n) is 4.93. The first-order chi connectivity index (χ1) is 15.1. The molecule has 2 amide bonds. The first kappa shape index (κ1) is 22.1. The van der Waals surface area contributed by atoms with Gasteiger partial charge in [-0.3, -0.25) is 19.4 Å². The Morgan fingerprint density at radius 2 is 1.74 bits per heavy atom. The van der Waals surface area contributed by atoms with Gasteiger partial charge in [-0.05, 0) is 30.2 Å². The Labute approximate surface area is 180 Å². The summed E-state index contributed by atoms with van der Waals surface area (Å²) in [7, 11) is 0. The Balaban J connectivity index is 1.63. The number of hydrogen-bond acceptors (Lipinski definition) is 5. The minimum Gasteiger partial charge on any atom is -0.352 e. The van der Waals surface area contributed by atoms with E-state index in [4.69, 9.17) is 0 Å². The van der Waals surface area contributed by atoms with Crippen LogP contribution >= 0.6 is 0 Å². The lowest BCUT2D eigenvalue weighted by Crippen LogP contribution is -2.33.